The molecule has 0 radical (unpaired) electrons. The first-order chi connectivity index (χ1) is 6.22. The second-order valence-corrected chi connectivity index (χ2v) is 5.04. The summed E-state index contributed by atoms with van der Waals surface area (Å²) < 4.78 is 6.41. The van der Waals surface area contributed by atoms with Crippen molar-refractivity contribution in [3.05, 3.63) is 12.1 Å². The molecule has 0 aliphatic carbocycles. The zero-order chi connectivity index (χ0) is 9.68. The molecule has 0 unspecified atom stereocenters. The van der Waals surface area contributed by atoms with Gasteiger partial charge < -0.3 is 4.74 Å². The van der Waals surface area contributed by atoms with Gasteiger partial charge >= 0.3 is 0 Å². The Kier molecular flexibility index (Phi) is 4.32. The molecule has 1 aromatic rings. The van der Waals surface area contributed by atoms with E-state index in [9.17, 15) is 4.79 Å². The van der Waals surface area contributed by atoms with Crippen LogP contribution in [0.5, 0.6) is 5.06 Å². The summed E-state index contributed by atoms with van der Waals surface area (Å²) in [6, 6.07) is 3.83. The van der Waals surface area contributed by atoms with Gasteiger partial charge in [0, 0.05) is 6.92 Å². The van der Waals surface area contributed by atoms with Gasteiger partial charge in [-0.2, -0.15) is 0 Å². The number of hydrogen-bond acceptors (Lipinski definition) is 4. The topological polar surface area (TPSA) is 26.3 Å². The molecule has 0 aliphatic rings. The standard InChI is InChI=1S/C9H12O2S2/c1-3-6-11-8-4-5-9(13-8)12-7(2)10/h4-5H,3,6H2,1-2H3. The Balaban J connectivity index is 2.48. The van der Waals surface area contributed by atoms with Gasteiger partial charge in [-0.1, -0.05) is 18.3 Å². The molecule has 0 saturated carbocycles. The van der Waals surface area contributed by atoms with E-state index >= 15 is 0 Å². The van der Waals surface area contributed by atoms with Gasteiger partial charge in [-0.15, -0.1) is 0 Å². The molecule has 0 fully saturated rings. The van der Waals surface area contributed by atoms with Gasteiger partial charge in [0.25, 0.3) is 0 Å². The number of ether oxygens (including phenoxy) is 1. The number of carbonyl (C=O) groups excluding carboxylic acids is 1. The maximum absolute atomic E-state index is 10.8. The molecule has 0 amide bonds. The van der Waals surface area contributed by atoms with Crippen molar-refractivity contribution in [3.63, 3.8) is 0 Å². The quantitative estimate of drug-likeness (QED) is 0.723. The molecule has 13 heavy (non-hydrogen) atoms. The Morgan fingerprint density at radius 2 is 2.38 bits per heavy atom. The predicted molar refractivity (Wildman–Crippen MR) is 56.6 cm³/mol. The lowest BCUT2D eigenvalue weighted by molar-refractivity contribution is -0.109. The van der Waals surface area contributed by atoms with Crippen LogP contribution in [0.4, 0.5) is 0 Å². The summed E-state index contributed by atoms with van der Waals surface area (Å²) >= 11 is 2.77. The van der Waals surface area contributed by atoms with Gasteiger partial charge in [-0.3, -0.25) is 4.79 Å². The van der Waals surface area contributed by atoms with Gasteiger partial charge in [0.1, 0.15) is 0 Å². The van der Waals surface area contributed by atoms with E-state index in [1.807, 2.05) is 12.1 Å². The third kappa shape index (κ3) is 3.83. The van der Waals surface area contributed by atoms with Crippen molar-refractivity contribution in [2.45, 2.75) is 24.5 Å². The summed E-state index contributed by atoms with van der Waals surface area (Å²) in [7, 11) is 0. The van der Waals surface area contributed by atoms with E-state index in [-0.39, 0.29) is 5.12 Å². The summed E-state index contributed by atoms with van der Waals surface area (Å²) in [4.78, 5) is 10.8. The smallest absolute Gasteiger partial charge is 0.191 e. The Morgan fingerprint density at radius 1 is 1.62 bits per heavy atom. The van der Waals surface area contributed by atoms with E-state index in [2.05, 4.69) is 6.92 Å². The summed E-state index contributed by atoms with van der Waals surface area (Å²) in [6.07, 6.45) is 1.01. The van der Waals surface area contributed by atoms with Crippen LogP contribution in [-0.2, 0) is 4.79 Å². The molecule has 0 aliphatic heterocycles. The summed E-state index contributed by atoms with van der Waals surface area (Å²) in [5, 5.41) is 1.01. The first-order valence-corrected chi connectivity index (χ1v) is 5.76. The second-order valence-electron chi connectivity index (χ2n) is 2.52. The summed E-state index contributed by atoms with van der Waals surface area (Å²) in [6.45, 7) is 4.38. The van der Waals surface area contributed by atoms with Crippen molar-refractivity contribution in [2.75, 3.05) is 6.61 Å². The molecule has 0 spiro atoms. The highest BCUT2D eigenvalue weighted by Gasteiger charge is 2.03. The summed E-state index contributed by atoms with van der Waals surface area (Å²) in [5.41, 5.74) is 0. The van der Waals surface area contributed by atoms with Crippen LogP contribution in [0, 0.1) is 0 Å². The number of thiophene rings is 1. The molecule has 2 nitrogen and oxygen atoms in total. The molecule has 0 aromatic carbocycles. The van der Waals surface area contributed by atoms with Gasteiger partial charge in [0.2, 0.25) is 0 Å². The fourth-order valence-electron chi connectivity index (χ4n) is 0.780. The molecule has 0 saturated heterocycles. The molecule has 0 N–H and O–H groups in total. The van der Waals surface area contributed by atoms with Crippen molar-refractivity contribution in [1.82, 2.24) is 0 Å². The zero-order valence-electron chi connectivity index (χ0n) is 7.70. The van der Waals surface area contributed by atoms with Gasteiger partial charge in [-0.25, -0.2) is 0 Å². The molecule has 72 valence electrons. The van der Waals surface area contributed by atoms with E-state index in [4.69, 9.17) is 4.74 Å². The van der Waals surface area contributed by atoms with Crippen LogP contribution < -0.4 is 4.74 Å². The number of thioether (sulfide) groups is 1. The Hall–Kier alpha value is -0.480. The predicted octanol–water partition coefficient (Wildman–Crippen LogP) is 3.18. The average molecular weight is 216 g/mol. The van der Waals surface area contributed by atoms with Crippen LogP contribution >= 0.6 is 23.1 Å². The fraction of sp³-hybridized carbons (Fsp3) is 0.444. The minimum atomic E-state index is 0.115. The van der Waals surface area contributed by atoms with Crippen LogP contribution in [0.15, 0.2) is 16.3 Å². The maximum atomic E-state index is 10.8. The lowest BCUT2D eigenvalue weighted by atomic mass is 10.5. The number of hydrogen-bond donors (Lipinski definition) is 0. The van der Waals surface area contributed by atoms with Gasteiger partial charge in [-0.05, 0) is 30.3 Å². The molecular formula is C9H12O2S2. The van der Waals surface area contributed by atoms with Crippen molar-refractivity contribution in [2.24, 2.45) is 0 Å². The second kappa shape index (κ2) is 5.29. The van der Waals surface area contributed by atoms with E-state index in [0.29, 0.717) is 0 Å². The fourth-order valence-corrected chi connectivity index (χ4v) is 2.58. The Bertz CT molecular complexity index is 281. The van der Waals surface area contributed by atoms with Crippen molar-refractivity contribution in [1.29, 1.82) is 0 Å². The molecule has 1 heterocycles. The number of rotatable bonds is 4. The Labute approximate surface area is 86.3 Å². The van der Waals surface area contributed by atoms with Crippen molar-refractivity contribution >= 4 is 28.2 Å². The van der Waals surface area contributed by atoms with Gasteiger partial charge in [0.05, 0.1) is 10.8 Å². The zero-order valence-corrected chi connectivity index (χ0v) is 9.33. The average Bonchev–Trinajstić information content (AvgIpc) is 2.48. The maximum Gasteiger partial charge on any atom is 0.191 e. The third-order valence-electron chi connectivity index (χ3n) is 1.25. The van der Waals surface area contributed by atoms with Crippen LogP contribution in [0.3, 0.4) is 0 Å². The van der Waals surface area contributed by atoms with E-state index < -0.39 is 0 Å². The lowest BCUT2D eigenvalue weighted by Crippen LogP contribution is -1.91. The summed E-state index contributed by atoms with van der Waals surface area (Å²) in [5.74, 6) is 0. The molecule has 0 bridgehead atoms. The van der Waals surface area contributed by atoms with Crippen LogP contribution in [0.25, 0.3) is 0 Å². The molecular weight excluding hydrogens is 204 g/mol. The molecule has 0 atom stereocenters. The SMILES string of the molecule is CCCOc1ccc(SC(C)=O)s1. The normalized spacial score (nSPS) is 10.0. The monoisotopic (exact) mass is 216 g/mol. The van der Waals surface area contributed by atoms with Crippen LogP contribution in [-0.4, -0.2) is 11.7 Å². The molecule has 4 heteroatoms. The third-order valence-corrected chi connectivity index (χ3v) is 3.17. The van der Waals surface area contributed by atoms with Crippen molar-refractivity contribution in [3.8, 4) is 5.06 Å². The highest BCUT2D eigenvalue weighted by molar-refractivity contribution is 8.15. The largest absolute Gasteiger partial charge is 0.484 e. The number of carbonyl (C=O) groups is 1. The van der Waals surface area contributed by atoms with E-state index in [1.54, 1.807) is 6.92 Å². The van der Waals surface area contributed by atoms with Gasteiger partial charge in [0.15, 0.2) is 10.2 Å². The van der Waals surface area contributed by atoms with Crippen molar-refractivity contribution < 1.29 is 9.53 Å². The minimum Gasteiger partial charge on any atom is -0.484 e. The minimum absolute atomic E-state index is 0.115. The van der Waals surface area contributed by atoms with E-state index in [0.717, 1.165) is 22.3 Å². The molecule has 1 rings (SSSR count). The molecule has 1 aromatic heterocycles. The highest BCUT2D eigenvalue weighted by atomic mass is 32.2. The first kappa shape index (κ1) is 10.6. The Morgan fingerprint density at radius 3 is 3.00 bits per heavy atom. The highest BCUT2D eigenvalue weighted by Crippen LogP contribution is 2.32. The van der Waals surface area contributed by atoms with Crippen LogP contribution in [0.2, 0.25) is 0 Å². The van der Waals surface area contributed by atoms with Crippen LogP contribution in [0.1, 0.15) is 20.3 Å². The lowest BCUT2D eigenvalue weighted by Gasteiger charge is -1.98. The van der Waals surface area contributed by atoms with E-state index in [1.165, 1.54) is 23.1 Å². The first-order valence-electron chi connectivity index (χ1n) is 4.13.